The highest BCUT2D eigenvalue weighted by Crippen LogP contribution is 2.48. The van der Waals surface area contributed by atoms with E-state index in [1.807, 2.05) is 0 Å². The van der Waals surface area contributed by atoms with Crippen molar-refractivity contribution in [2.45, 2.75) is 25.7 Å². The molecule has 0 aromatic heterocycles. The largest absolute Gasteiger partial charge is 0.483 e. The predicted molar refractivity (Wildman–Crippen MR) is 84.0 cm³/mol. The fraction of sp³-hybridized carbons (Fsp3) is 0.462. The summed E-state index contributed by atoms with van der Waals surface area (Å²) >= 11 is 29.8. The summed E-state index contributed by atoms with van der Waals surface area (Å²) in [5.74, 6) is 0.196. The van der Waals surface area contributed by atoms with Crippen molar-refractivity contribution < 1.29 is 9.53 Å². The summed E-state index contributed by atoms with van der Waals surface area (Å²) in [5.41, 5.74) is 0. The number of ether oxygens (including phenoxy) is 1. The average molecular weight is 376 g/mol. The molecule has 0 amide bonds. The number of benzene rings is 1. The first kappa shape index (κ1) is 16.5. The molecule has 0 N–H and O–H groups in total. The first-order valence-corrected chi connectivity index (χ1v) is 7.99. The third kappa shape index (κ3) is 3.31. The molecular formula is C13H11Cl5O2. The molecule has 1 fully saturated rings. The molecule has 7 heteroatoms. The van der Waals surface area contributed by atoms with Crippen molar-refractivity contribution in [2.24, 2.45) is 5.92 Å². The third-order valence-electron chi connectivity index (χ3n) is 3.34. The van der Waals surface area contributed by atoms with E-state index >= 15 is 0 Å². The molecule has 1 aliphatic carbocycles. The maximum Gasteiger partial charge on any atom is 0.173 e. The van der Waals surface area contributed by atoms with Gasteiger partial charge in [0, 0.05) is 5.92 Å². The second-order valence-electron chi connectivity index (χ2n) is 4.64. The highest BCUT2D eigenvalue weighted by Gasteiger charge is 2.25. The SMILES string of the molecule is O=C(COc1c(Cl)c(Cl)c(Cl)c(Cl)c1Cl)C1CCCC1. The molecule has 0 radical (unpaired) electrons. The average Bonchev–Trinajstić information content (AvgIpc) is 2.97. The lowest BCUT2D eigenvalue weighted by Crippen LogP contribution is -2.19. The maximum absolute atomic E-state index is 12.0. The number of ketones is 1. The van der Waals surface area contributed by atoms with Crippen LogP contribution in [0.15, 0.2) is 0 Å². The van der Waals surface area contributed by atoms with Crippen LogP contribution < -0.4 is 4.74 Å². The van der Waals surface area contributed by atoms with Crippen LogP contribution in [0.5, 0.6) is 5.75 Å². The Labute approximate surface area is 142 Å². The van der Waals surface area contributed by atoms with E-state index in [-0.39, 0.29) is 49.2 Å². The molecule has 0 bridgehead atoms. The van der Waals surface area contributed by atoms with Gasteiger partial charge in [-0.25, -0.2) is 0 Å². The molecule has 0 aliphatic heterocycles. The van der Waals surface area contributed by atoms with Gasteiger partial charge in [-0.2, -0.15) is 0 Å². The van der Waals surface area contributed by atoms with Gasteiger partial charge in [0.05, 0.1) is 15.1 Å². The minimum absolute atomic E-state index is 0.0387. The van der Waals surface area contributed by atoms with Crippen LogP contribution in [0.4, 0.5) is 0 Å². The zero-order valence-corrected chi connectivity index (χ0v) is 14.1. The first-order chi connectivity index (χ1) is 9.43. The van der Waals surface area contributed by atoms with Crippen molar-refractivity contribution >= 4 is 63.8 Å². The minimum Gasteiger partial charge on any atom is -0.483 e. The summed E-state index contributed by atoms with van der Waals surface area (Å²) in [5, 5.41) is 0.311. The number of halogens is 5. The summed E-state index contributed by atoms with van der Waals surface area (Å²) in [4.78, 5) is 12.0. The van der Waals surface area contributed by atoms with Crippen LogP contribution >= 0.6 is 58.0 Å². The summed E-state index contributed by atoms with van der Waals surface area (Å²) in [6.45, 7) is -0.0988. The van der Waals surface area contributed by atoms with E-state index in [0.29, 0.717) is 0 Å². The van der Waals surface area contributed by atoms with Crippen molar-refractivity contribution in [1.29, 1.82) is 0 Å². The van der Waals surface area contributed by atoms with Gasteiger partial charge >= 0.3 is 0 Å². The Morgan fingerprint density at radius 1 is 0.900 bits per heavy atom. The minimum atomic E-state index is -0.0988. The summed E-state index contributed by atoms with van der Waals surface area (Å²) in [6, 6.07) is 0. The molecule has 0 saturated heterocycles. The van der Waals surface area contributed by atoms with Gasteiger partial charge in [0.15, 0.2) is 11.5 Å². The Morgan fingerprint density at radius 2 is 1.35 bits per heavy atom. The number of carbonyl (C=O) groups is 1. The third-order valence-corrected chi connectivity index (χ3v) is 5.58. The quantitative estimate of drug-likeness (QED) is 0.469. The van der Waals surface area contributed by atoms with Crippen LogP contribution in [0.3, 0.4) is 0 Å². The zero-order valence-electron chi connectivity index (χ0n) is 10.3. The second kappa shape index (κ2) is 6.93. The van der Waals surface area contributed by atoms with E-state index in [9.17, 15) is 4.79 Å². The Bertz CT molecular complexity index is 509. The van der Waals surface area contributed by atoms with E-state index in [4.69, 9.17) is 62.7 Å². The number of Topliss-reactive ketones (excluding diaryl/α,β-unsaturated/α-hetero) is 1. The molecule has 110 valence electrons. The summed E-state index contributed by atoms with van der Waals surface area (Å²) < 4.78 is 5.42. The van der Waals surface area contributed by atoms with E-state index in [0.717, 1.165) is 25.7 Å². The highest BCUT2D eigenvalue weighted by atomic mass is 35.5. The van der Waals surface area contributed by atoms with Gasteiger partial charge in [0.1, 0.15) is 16.7 Å². The molecule has 1 aromatic carbocycles. The van der Waals surface area contributed by atoms with Crippen molar-refractivity contribution in [1.82, 2.24) is 0 Å². The molecular weight excluding hydrogens is 365 g/mol. The van der Waals surface area contributed by atoms with E-state index in [1.54, 1.807) is 0 Å². The van der Waals surface area contributed by atoms with Gasteiger partial charge < -0.3 is 4.74 Å². The van der Waals surface area contributed by atoms with Gasteiger partial charge in [-0.05, 0) is 12.8 Å². The van der Waals surface area contributed by atoms with Crippen LogP contribution in [-0.4, -0.2) is 12.4 Å². The Hall–Kier alpha value is 0.140. The topological polar surface area (TPSA) is 26.3 Å². The van der Waals surface area contributed by atoms with E-state index in [1.165, 1.54) is 0 Å². The normalized spacial score (nSPS) is 15.7. The van der Waals surface area contributed by atoms with E-state index < -0.39 is 0 Å². The Morgan fingerprint density at radius 3 is 1.85 bits per heavy atom. The highest BCUT2D eigenvalue weighted by molar-refractivity contribution is 6.55. The van der Waals surface area contributed by atoms with Crippen LogP contribution in [-0.2, 0) is 4.79 Å². The lowest BCUT2D eigenvalue weighted by molar-refractivity contribution is -0.124. The van der Waals surface area contributed by atoms with Gasteiger partial charge in [-0.1, -0.05) is 70.8 Å². The maximum atomic E-state index is 12.0. The molecule has 0 heterocycles. The Kier molecular flexibility index (Phi) is 5.72. The lowest BCUT2D eigenvalue weighted by atomic mass is 10.0. The smallest absolute Gasteiger partial charge is 0.173 e. The van der Waals surface area contributed by atoms with E-state index in [2.05, 4.69) is 0 Å². The van der Waals surface area contributed by atoms with Crippen LogP contribution in [0, 0.1) is 5.92 Å². The molecule has 0 spiro atoms. The lowest BCUT2D eigenvalue weighted by Gasteiger charge is -2.14. The fourth-order valence-electron chi connectivity index (χ4n) is 2.22. The van der Waals surface area contributed by atoms with Crippen LogP contribution in [0.1, 0.15) is 25.7 Å². The van der Waals surface area contributed by atoms with Gasteiger partial charge in [-0.15, -0.1) is 0 Å². The van der Waals surface area contributed by atoms with Gasteiger partial charge in [0.2, 0.25) is 0 Å². The molecule has 1 aromatic rings. The number of hydrogen-bond donors (Lipinski definition) is 0. The van der Waals surface area contributed by atoms with Crippen LogP contribution in [0.25, 0.3) is 0 Å². The zero-order chi connectivity index (χ0) is 14.9. The predicted octanol–water partition coefficient (Wildman–Crippen LogP) is 6.09. The van der Waals surface area contributed by atoms with Crippen molar-refractivity contribution in [2.75, 3.05) is 6.61 Å². The number of hydrogen-bond acceptors (Lipinski definition) is 2. The molecule has 0 atom stereocenters. The monoisotopic (exact) mass is 374 g/mol. The first-order valence-electron chi connectivity index (χ1n) is 6.10. The van der Waals surface area contributed by atoms with Crippen LogP contribution in [0.2, 0.25) is 25.1 Å². The number of rotatable bonds is 4. The standard InChI is InChI=1S/C13H11Cl5O2/c14-8-9(15)11(17)13(12(18)10(8)16)20-5-7(19)6-3-1-2-4-6/h6H,1-5H2. The molecule has 2 rings (SSSR count). The molecule has 1 saturated carbocycles. The Balaban J connectivity index is 2.15. The molecule has 2 nitrogen and oxygen atoms in total. The second-order valence-corrected chi connectivity index (χ2v) is 6.53. The van der Waals surface area contributed by atoms with Crippen molar-refractivity contribution in [3.8, 4) is 5.75 Å². The molecule has 0 unspecified atom stereocenters. The van der Waals surface area contributed by atoms with Crippen molar-refractivity contribution in [3.63, 3.8) is 0 Å². The fourth-order valence-corrected chi connectivity index (χ4v) is 3.45. The van der Waals surface area contributed by atoms with Gasteiger partial charge in [0.25, 0.3) is 0 Å². The summed E-state index contributed by atoms with van der Waals surface area (Å²) in [6.07, 6.45) is 3.98. The molecule has 1 aliphatic rings. The molecule has 20 heavy (non-hydrogen) atoms. The van der Waals surface area contributed by atoms with Gasteiger partial charge in [-0.3, -0.25) is 4.79 Å². The van der Waals surface area contributed by atoms with Crippen molar-refractivity contribution in [3.05, 3.63) is 25.1 Å². The summed E-state index contributed by atoms with van der Waals surface area (Å²) in [7, 11) is 0. The number of carbonyl (C=O) groups excluding carboxylic acids is 1.